The van der Waals surface area contributed by atoms with E-state index in [1.165, 1.54) is 0 Å². The van der Waals surface area contributed by atoms with Gasteiger partial charge < -0.3 is 18.9 Å². The molecule has 0 saturated carbocycles. The van der Waals surface area contributed by atoms with E-state index in [1.807, 2.05) is 48.5 Å². The van der Waals surface area contributed by atoms with E-state index in [1.54, 1.807) is 5.01 Å². The smallest absolute Gasteiger partial charge is 0.257 e. The molecule has 0 aromatic heterocycles. The first-order valence-electron chi connectivity index (χ1n) is 11.5. The summed E-state index contributed by atoms with van der Waals surface area (Å²) in [5.41, 5.74) is 2.94. The summed E-state index contributed by atoms with van der Waals surface area (Å²) in [5, 5.41) is 6.46. The maximum Gasteiger partial charge on any atom is 0.257 e. The summed E-state index contributed by atoms with van der Waals surface area (Å²) >= 11 is 0. The molecule has 33 heavy (non-hydrogen) atoms. The van der Waals surface area contributed by atoms with Gasteiger partial charge in [0.25, 0.3) is 5.91 Å². The Kier molecular flexibility index (Phi) is 5.28. The van der Waals surface area contributed by atoms with E-state index in [2.05, 4.69) is 4.90 Å². The third-order valence-corrected chi connectivity index (χ3v) is 6.84. The van der Waals surface area contributed by atoms with E-state index in [4.69, 9.17) is 24.0 Å². The Morgan fingerprint density at radius 2 is 1.76 bits per heavy atom. The van der Waals surface area contributed by atoms with Gasteiger partial charge in [0.15, 0.2) is 17.3 Å². The molecule has 1 amide bonds. The van der Waals surface area contributed by atoms with Gasteiger partial charge in [-0.05, 0) is 23.3 Å². The minimum atomic E-state index is -0.444. The Morgan fingerprint density at radius 3 is 2.55 bits per heavy atom. The predicted octanol–water partition coefficient (Wildman–Crippen LogP) is 2.93. The highest BCUT2D eigenvalue weighted by atomic mass is 16.7. The molecule has 0 unspecified atom stereocenters. The zero-order valence-corrected chi connectivity index (χ0v) is 18.4. The third kappa shape index (κ3) is 3.99. The van der Waals surface area contributed by atoms with E-state index in [0.29, 0.717) is 31.9 Å². The molecular weight excluding hydrogens is 422 g/mol. The zero-order valence-electron chi connectivity index (χ0n) is 18.4. The number of amides is 1. The number of hydrazone groups is 1. The van der Waals surface area contributed by atoms with Crippen LogP contribution in [0, 0.1) is 0 Å². The van der Waals surface area contributed by atoms with Crippen molar-refractivity contribution in [1.82, 2.24) is 9.91 Å². The van der Waals surface area contributed by atoms with Crippen LogP contribution < -0.4 is 9.47 Å². The van der Waals surface area contributed by atoms with Gasteiger partial charge in [0, 0.05) is 32.4 Å². The number of carbonyl (C=O) groups excluding carboxylic acids is 1. The van der Waals surface area contributed by atoms with Crippen LogP contribution in [0.25, 0.3) is 0 Å². The second-order valence-corrected chi connectivity index (χ2v) is 8.87. The summed E-state index contributed by atoms with van der Waals surface area (Å²) in [5.74, 6) is 0.997. The lowest BCUT2D eigenvalue weighted by molar-refractivity contribution is -0.186. The van der Waals surface area contributed by atoms with Crippen LogP contribution in [-0.4, -0.2) is 67.0 Å². The van der Waals surface area contributed by atoms with Gasteiger partial charge in [0.05, 0.1) is 31.5 Å². The monoisotopic (exact) mass is 449 g/mol. The van der Waals surface area contributed by atoms with Crippen molar-refractivity contribution in [2.45, 2.75) is 31.1 Å². The number of hydrogen-bond donors (Lipinski definition) is 0. The highest BCUT2D eigenvalue weighted by Crippen LogP contribution is 2.39. The largest absolute Gasteiger partial charge is 0.454 e. The number of ether oxygens (including phenoxy) is 4. The van der Waals surface area contributed by atoms with Crippen molar-refractivity contribution >= 4 is 11.6 Å². The van der Waals surface area contributed by atoms with E-state index >= 15 is 0 Å². The van der Waals surface area contributed by atoms with Crippen molar-refractivity contribution < 1.29 is 23.7 Å². The maximum absolute atomic E-state index is 13.5. The summed E-state index contributed by atoms with van der Waals surface area (Å²) in [6, 6.07) is 15.7. The summed E-state index contributed by atoms with van der Waals surface area (Å²) < 4.78 is 22.7. The topological polar surface area (TPSA) is 72.8 Å². The van der Waals surface area contributed by atoms with Gasteiger partial charge in [-0.25, -0.2) is 5.01 Å². The summed E-state index contributed by atoms with van der Waals surface area (Å²) in [4.78, 5) is 15.7. The van der Waals surface area contributed by atoms with Gasteiger partial charge in [-0.15, -0.1) is 0 Å². The van der Waals surface area contributed by atoms with Gasteiger partial charge in [-0.3, -0.25) is 9.69 Å². The fraction of sp³-hybridized carbons (Fsp3) is 0.440. The van der Waals surface area contributed by atoms with Crippen molar-refractivity contribution in [3.8, 4) is 11.5 Å². The highest BCUT2D eigenvalue weighted by Gasteiger charge is 2.41. The minimum Gasteiger partial charge on any atom is -0.454 e. The van der Waals surface area contributed by atoms with Crippen LogP contribution in [-0.2, 0) is 14.3 Å². The van der Waals surface area contributed by atoms with Crippen molar-refractivity contribution in [2.75, 3.05) is 39.6 Å². The molecule has 1 spiro atoms. The van der Waals surface area contributed by atoms with Crippen LogP contribution in [0.15, 0.2) is 53.6 Å². The number of benzene rings is 2. The second-order valence-electron chi connectivity index (χ2n) is 8.87. The molecule has 8 heteroatoms. The summed E-state index contributed by atoms with van der Waals surface area (Å²) in [6.45, 7) is 3.39. The molecule has 1 atom stereocenters. The predicted molar refractivity (Wildman–Crippen MR) is 120 cm³/mol. The van der Waals surface area contributed by atoms with Crippen molar-refractivity contribution in [3.05, 3.63) is 59.7 Å². The lowest BCUT2D eigenvalue weighted by atomic mass is 9.98. The van der Waals surface area contributed by atoms with Gasteiger partial charge >= 0.3 is 0 Å². The van der Waals surface area contributed by atoms with E-state index in [9.17, 15) is 4.79 Å². The van der Waals surface area contributed by atoms with Crippen LogP contribution >= 0.6 is 0 Å². The van der Waals surface area contributed by atoms with E-state index in [0.717, 1.165) is 48.5 Å². The molecule has 2 aromatic rings. The standard InChI is InChI=1S/C25H27N3O5/c29-24(16-27-10-8-25(9-11-27)32-12-13-33-25)28-21(15-20(26-28)18-4-2-1-3-5-18)19-6-7-22-23(14-19)31-17-30-22/h1-7,14,21H,8-13,15-17H2/t21-/m0/s1. The number of carbonyl (C=O) groups is 1. The normalized spacial score (nSPS) is 23.8. The number of hydrogen-bond acceptors (Lipinski definition) is 7. The fourth-order valence-corrected chi connectivity index (χ4v) is 5.03. The maximum atomic E-state index is 13.5. The molecule has 2 aromatic carbocycles. The molecule has 0 bridgehead atoms. The van der Waals surface area contributed by atoms with E-state index in [-0.39, 0.29) is 18.7 Å². The second kappa shape index (κ2) is 8.44. The first kappa shape index (κ1) is 20.7. The molecule has 4 heterocycles. The van der Waals surface area contributed by atoms with Crippen molar-refractivity contribution in [3.63, 3.8) is 0 Å². The van der Waals surface area contributed by atoms with E-state index < -0.39 is 5.79 Å². The molecule has 4 aliphatic rings. The molecule has 4 aliphatic heterocycles. The van der Waals surface area contributed by atoms with Crippen LogP contribution in [0.5, 0.6) is 11.5 Å². The Balaban J connectivity index is 1.22. The molecular formula is C25H27N3O5. The number of likely N-dealkylation sites (tertiary alicyclic amines) is 1. The lowest BCUT2D eigenvalue weighted by Gasteiger charge is -2.37. The van der Waals surface area contributed by atoms with Crippen LogP contribution in [0.3, 0.4) is 0 Å². The average molecular weight is 450 g/mol. The highest BCUT2D eigenvalue weighted by molar-refractivity contribution is 6.03. The van der Waals surface area contributed by atoms with Crippen molar-refractivity contribution in [2.24, 2.45) is 5.10 Å². The van der Waals surface area contributed by atoms with Gasteiger partial charge in [0.1, 0.15) is 0 Å². The van der Waals surface area contributed by atoms with Gasteiger partial charge in [-0.2, -0.15) is 5.10 Å². The first-order valence-corrected chi connectivity index (χ1v) is 11.5. The van der Waals surface area contributed by atoms with Crippen LogP contribution in [0.1, 0.15) is 36.4 Å². The van der Waals surface area contributed by atoms with Crippen LogP contribution in [0.4, 0.5) is 0 Å². The van der Waals surface area contributed by atoms with Gasteiger partial charge in [-0.1, -0.05) is 36.4 Å². The molecule has 172 valence electrons. The number of rotatable bonds is 4. The quantitative estimate of drug-likeness (QED) is 0.715. The minimum absolute atomic E-state index is 0.00666. The molecule has 6 rings (SSSR count). The Bertz CT molecular complexity index is 1060. The number of nitrogens with zero attached hydrogens (tertiary/aromatic N) is 3. The SMILES string of the molecule is O=C(CN1CCC2(CC1)OCCO2)N1N=C(c2ccccc2)C[C@H]1c1ccc2c(c1)OCO2. The van der Waals surface area contributed by atoms with Gasteiger partial charge in [0.2, 0.25) is 6.79 Å². The number of fused-ring (bicyclic) bond motifs is 1. The first-order chi connectivity index (χ1) is 16.2. The molecule has 2 saturated heterocycles. The molecule has 2 fully saturated rings. The average Bonchev–Trinajstić information content (AvgIpc) is 3.61. The zero-order chi connectivity index (χ0) is 22.3. The molecule has 0 aliphatic carbocycles. The Hall–Kier alpha value is -2.94. The third-order valence-electron chi connectivity index (χ3n) is 6.84. The molecule has 0 N–H and O–H groups in total. The van der Waals surface area contributed by atoms with Crippen LogP contribution in [0.2, 0.25) is 0 Å². The fourth-order valence-electron chi connectivity index (χ4n) is 5.03. The summed E-state index contributed by atoms with van der Waals surface area (Å²) in [6.07, 6.45) is 2.22. The molecule has 8 nitrogen and oxygen atoms in total. The molecule has 0 radical (unpaired) electrons. The Labute approximate surface area is 192 Å². The summed E-state index contributed by atoms with van der Waals surface area (Å²) in [7, 11) is 0. The number of piperidine rings is 1. The lowest BCUT2D eigenvalue weighted by Crippen LogP contribution is -2.48. The van der Waals surface area contributed by atoms with Crippen molar-refractivity contribution in [1.29, 1.82) is 0 Å². The Morgan fingerprint density at radius 1 is 1.00 bits per heavy atom.